The highest BCUT2D eigenvalue weighted by Gasteiger charge is 2.18. The summed E-state index contributed by atoms with van der Waals surface area (Å²) in [5, 5.41) is 0. The first-order chi connectivity index (χ1) is 13.5. The van der Waals surface area contributed by atoms with Crippen LogP contribution in [0.2, 0.25) is 0 Å². The average Bonchev–Trinajstić information content (AvgIpc) is 3.30. The van der Waals surface area contributed by atoms with Gasteiger partial charge in [-0.2, -0.15) is 0 Å². The molecular formula is C22H25N3O2S. The van der Waals surface area contributed by atoms with Gasteiger partial charge in [0.05, 0.1) is 4.90 Å². The first-order valence-electron chi connectivity index (χ1n) is 9.69. The Labute approximate surface area is 166 Å². The van der Waals surface area contributed by atoms with Gasteiger partial charge in [-0.05, 0) is 55.0 Å². The van der Waals surface area contributed by atoms with Crippen LogP contribution in [0.15, 0.2) is 59.6 Å². The highest BCUT2D eigenvalue weighted by molar-refractivity contribution is 7.89. The minimum Gasteiger partial charge on any atom is -0.328 e. The van der Waals surface area contributed by atoms with Crippen molar-refractivity contribution in [3.63, 3.8) is 0 Å². The van der Waals surface area contributed by atoms with Crippen molar-refractivity contribution in [2.45, 2.75) is 44.0 Å². The predicted octanol–water partition coefficient (Wildman–Crippen LogP) is 3.25. The van der Waals surface area contributed by atoms with E-state index in [1.807, 2.05) is 43.5 Å². The number of aromatic nitrogens is 2. The normalized spacial score (nSPS) is 13.6. The molecule has 0 spiro atoms. The summed E-state index contributed by atoms with van der Waals surface area (Å²) in [7, 11) is -3.50. The molecule has 0 atom stereocenters. The van der Waals surface area contributed by atoms with Gasteiger partial charge in [0, 0.05) is 31.4 Å². The SMILES string of the molecule is Cc1cnc(CCNS(=O)(=O)c2ccc3c(c2)CCC3)n1Cc1ccccc1. The van der Waals surface area contributed by atoms with Crippen molar-refractivity contribution in [1.82, 2.24) is 14.3 Å². The highest BCUT2D eigenvalue weighted by atomic mass is 32.2. The molecule has 4 rings (SSSR count). The van der Waals surface area contributed by atoms with Crippen LogP contribution in [-0.2, 0) is 35.8 Å². The second-order valence-corrected chi connectivity index (χ2v) is 9.09. The Balaban J connectivity index is 1.42. The van der Waals surface area contributed by atoms with Crippen LogP contribution in [-0.4, -0.2) is 24.5 Å². The Morgan fingerprint density at radius 1 is 1.07 bits per heavy atom. The van der Waals surface area contributed by atoms with Crippen molar-refractivity contribution in [2.75, 3.05) is 6.54 Å². The molecule has 0 unspecified atom stereocenters. The summed E-state index contributed by atoms with van der Waals surface area (Å²) >= 11 is 0. The van der Waals surface area contributed by atoms with Crippen LogP contribution in [0.3, 0.4) is 0 Å². The smallest absolute Gasteiger partial charge is 0.240 e. The molecule has 1 heterocycles. The van der Waals surface area contributed by atoms with Crippen LogP contribution in [0, 0.1) is 6.92 Å². The molecule has 1 N–H and O–H groups in total. The Kier molecular flexibility index (Phi) is 5.33. The van der Waals surface area contributed by atoms with Crippen LogP contribution in [0.5, 0.6) is 0 Å². The number of hydrogen-bond acceptors (Lipinski definition) is 3. The maximum atomic E-state index is 12.7. The molecular weight excluding hydrogens is 370 g/mol. The van der Waals surface area contributed by atoms with Crippen LogP contribution in [0.1, 0.15) is 34.6 Å². The van der Waals surface area contributed by atoms with Crippen molar-refractivity contribution >= 4 is 10.0 Å². The van der Waals surface area contributed by atoms with E-state index in [-0.39, 0.29) is 0 Å². The molecule has 0 saturated carbocycles. The van der Waals surface area contributed by atoms with Gasteiger partial charge in [0.25, 0.3) is 0 Å². The third kappa shape index (κ3) is 4.03. The molecule has 0 bridgehead atoms. The van der Waals surface area contributed by atoms with Crippen LogP contribution >= 0.6 is 0 Å². The van der Waals surface area contributed by atoms with Gasteiger partial charge in [-0.25, -0.2) is 18.1 Å². The molecule has 3 aromatic rings. The van der Waals surface area contributed by atoms with Crippen molar-refractivity contribution in [3.05, 3.63) is 82.9 Å². The van der Waals surface area contributed by atoms with Gasteiger partial charge in [-0.15, -0.1) is 0 Å². The van der Waals surface area contributed by atoms with Gasteiger partial charge in [-0.3, -0.25) is 0 Å². The first kappa shape index (κ1) is 18.9. The first-order valence-corrected chi connectivity index (χ1v) is 11.2. The zero-order valence-corrected chi connectivity index (χ0v) is 16.9. The minimum absolute atomic E-state index is 0.324. The molecule has 28 heavy (non-hydrogen) atoms. The lowest BCUT2D eigenvalue weighted by Crippen LogP contribution is -2.27. The highest BCUT2D eigenvalue weighted by Crippen LogP contribution is 2.24. The van der Waals surface area contributed by atoms with E-state index in [0.29, 0.717) is 17.9 Å². The Morgan fingerprint density at radius 3 is 2.68 bits per heavy atom. The standard InChI is InChI=1S/C22H25N3O2S/c1-17-15-23-22(25(17)16-18-6-3-2-4-7-18)12-13-24-28(26,27)21-11-10-19-8-5-9-20(19)14-21/h2-4,6-7,10-11,14-15,24H,5,8-9,12-13,16H2,1H3. The van der Waals surface area contributed by atoms with Gasteiger partial charge in [-0.1, -0.05) is 36.4 Å². The maximum absolute atomic E-state index is 12.7. The van der Waals surface area contributed by atoms with E-state index in [9.17, 15) is 8.42 Å². The van der Waals surface area contributed by atoms with Crippen molar-refractivity contribution in [2.24, 2.45) is 0 Å². The average molecular weight is 396 g/mol. The lowest BCUT2D eigenvalue weighted by molar-refractivity contribution is 0.579. The lowest BCUT2D eigenvalue weighted by Gasteiger charge is -2.12. The van der Waals surface area contributed by atoms with Gasteiger partial charge in [0.2, 0.25) is 10.0 Å². The van der Waals surface area contributed by atoms with E-state index in [0.717, 1.165) is 42.9 Å². The second kappa shape index (κ2) is 7.89. The third-order valence-electron chi connectivity index (χ3n) is 5.34. The Hall–Kier alpha value is -2.44. The van der Waals surface area contributed by atoms with Gasteiger partial charge < -0.3 is 4.57 Å². The fourth-order valence-electron chi connectivity index (χ4n) is 3.79. The third-order valence-corrected chi connectivity index (χ3v) is 6.80. The summed E-state index contributed by atoms with van der Waals surface area (Å²) in [4.78, 5) is 4.84. The van der Waals surface area contributed by atoms with Crippen LogP contribution in [0.25, 0.3) is 0 Å². The number of imidazole rings is 1. The number of sulfonamides is 1. The number of fused-ring (bicyclic) bond motifs is 1. The van der Waals surface area contributed by atoms with E-state index in [2.05, 4.69) is 26.4 Å². The molecule has 0 fully saturated rings. The maximum Gasteiger partial charge on any atom is 0.240 e. The minimum atomic E-state index is -3.50. The fourth-order valence-corrected chi connectivity index (χ4v) is 4.87. The molecule has 0 saturated heterocycles. The van der Waals surface area contributed by atoms with Gasteiger partial charge in [0.15, 0.2) is 0 Å². The molecule has 0 aliphatic heterocycles. The Bertz CT molecular complexity index is 1070. The molecule has 1 aromatic heterocycles. The van der Waals surface area contributed by atoms with Crippen LogP contribution in [0.4, 0.5) is 0 Å². The van der Waals surface area contributed by atoms with Crippen molar-refractivity contribution < 1.29 is 8.42 Å². The largest absolute Gasteiger partial charge is 0.328 e. The molecule has 0 radical (unpaired) electrons. The summed E-state index contributed by atoms with van der Waals surface area (Å²) in [5.41, 5.74) is 4.71. The molecule has 1 aliphatic rings. The predicted molar refractivity (Wildman–Crippen MR) is 110 cm³/mol. The van der Waals surface area contributed by atoms with Gasteiger partial charge in [0.1, 0.15) is 5.82 Å². The number of benzene rings is 2. The number of hydrogen-bond donors (Lipinski definition) is 1. The number of rotatable bonds is 7. The molecule has 0 amide bonds. The summed E-state index contributed by atoms with van der Waals surface area (Å²) in [6.07, 6.45) is 5.51. The van der Waals surface area contributed by atoms with E-state index in [1.165, 1.54) is 11.1 Å². The number of nitrogens with zero attached hydrogens (tertiary/aromatic N) is 2. The summed E-state index contributed by atoms with van der Waals surface area (Å²) in [5.74, 6) is 0.887. The zero-order valence-electron chi connectivity index (χ0n) is 16.1. The van der Waals surface area contributed by atoms with E-state index < -0.39 is 10.0 Å². The van der Waals surface area contributed by atoms with E-state index >= 15 is 0 Å². The zero-order chi connectivity index (χ0) is 19.6. The van der Waals surface area contributed by atoms with Crippen molar-refractivity contribution in [3.8, 4) is 0 Å². The topological polar surface area (TPSA) is 64.0 Å². The van der Waals surface area contributed by atoms with Gasteiger partial charge >= 0.3 is 0 Å². The number of aryl methyl sites for hydroxylation is 3. The van der Waals surface area contributed by atoms with E-state index in [4.69, 9.17) is 0 Å². The van der Waals surface area contributed by atoms with E-state index in [1.54, 1.807) is 6.07 Å². The summed E-state index contributed by atoms with van der Waals surface area (Å²) in [6, 6.07) is 15.7. The fraction of sp³-hybridized carbons (Fsp3) is 0.318. The van der Waals surface area contributed by atoms with Crippen LogP contribution < -0.4 is 4.72 Å². The summed E-state index contributed by atoms with van der Waals surface area (Å²) in [6.45, 7) is 3.08. The molecule has 6 heteroatoms. The molecule has 1 aliphatic carbocycles. The van der Waals surface area contributed by atoms with Crippen molar-refractivity contribution in [1.29, 1.82) is 0 Å². The lowest BCUT2D eigenvalue weighted by atomic mass is 10.1. The molecule has 5 nitrogen and oxygen atoms in total. The number of nitrogens with one attached hydrogen (secondary N) is 1. The summed E-state index contributed by atoms with van der Waals surface area (Å²) < 4.78 is 30.2. The Morgan fingerprint density at radius 2 is 1.86 bits per heavy atom. The molecule has 2 aromatic carbocycles. The quantitative estimate of drug-likeness (QED) is 0.668. The monoisotopic (exact) mass is 395 g/mol. The molecule has 146 valence electrons. The second-order valence-electron chi connectivity index (χ2n) is 7.32.